The minimum absolute atomic E-state index is 0.0213. The molecule has 1 aliphatic carbocycles. The fraction of sp³-hybridized carbons (Fsp3) is 0.450. The SMILES string of the molecule is CCOc1ccc(-c2nnc(SCC(=O)NCCC3=CCCCC3)n2N)cc1. The molecular formula is C20H27N5O2S. The minimum atomic E-state index is -0.0213. The average molecular weight is 402 g/mol. The van der Waals surface area contributed by atoms with Crippen molar-refractivity contribution in [2.24, 2.45) is 0 Å². The van der Waals surface area contributed by atoms with Gasteiger partial charge < -0.3 is 15.9 Å². The van der Waals surface area contributed by atoms with Gasteiger partial charge >= 0.3 is 0 Å². The van der Waals surface area contributed by atoms with Crippen LogP contribution >= 0.6 is 11.8 Å². The van der Waals surface area contributed by atoms with Crippen LogP contribution in [0.2, 0.25) is 0 Å². The van der Waals surface area contributed by atoms with Gasteiger partial charge in [-0.05, 0) is 63.3 Å². The molecule has 28 heavy (non-hydrogen) atoms. The highest BCUT2D eigenvalue weighted by atomic mass is 32.2. The fourth-order valence-corrected chi connectivity index (χ4v) is 3.80. The van der Waals surface area contributed by atoms with Gasteiger partial charge in [0.2, 0.25) is 11.1 Å². The predicted octanol–water partition coefficient (Wildman–Crippen LogP) is 3.16. The van der Waals surface area contributed by atoms with Crippen molar-refractivity contribution < 1.29 is 9.53 Å². The number of thioether (sulfide) groups is 1. The first-order chi connectivity index (χ1) is 13.7. The van der Waals surface area contributed by atoms with Gasteiger partial charge in [-0.15, -0.1) is 10.2 Å². The highest BCUT2D eigenvalue weighted by Gasteiger charge is 2.14. The predicted molar refractivity (Wildman–Crippen MR) is 112 cm³/mol. The zero-order chi connectivity index (χ0) is 19.8. The number of nitrogens with two attached hydrogens (primary N) is 1. The van der Waals surface area contributed by atoms with Crippen LogP contribution in [-0.4, -0.2) is 39.7 Å². The van der Waals surface area contributed by atoms with E-state index in [9.17, 15) is 4.79 Å². The van der Waals surface area contributed by atoms with Crippen LogP contribution < -0.4 is 15.9 Å². The van der Waals surface area contributed by atoms with Gasteiger partial charge in [0, 0.05) is 12.1 Å². The number of nitrogens with one attached hydrogen (secondary N) is 1. The van der Waals surface area contributed by atoms with E-state index in [1.165, 1.54) is 41.3 Å². The third-order valence-corrected chi connectivity index (χ3v) is 5.52. The van der Waals surface area contributed by atoms with Gasteiger partial charge in [0.1, 0.15) is 5.75 Å². The Hall–Kier alpha value is -2.48. The molecule has 0 fully saturated rings. The number of amides is 1. The number of allylic oxidation sites excluding steroid dienone is 1. The van der Waals surface area contributed by atoms with E-state index < -0.39 is 0 Å². The molecule has 0 atom stereocenters. The van der Waals surface area contributed by atoms with E-state index in [0.717, 1.165) is 24.2 Å². The number of nitrogen functional groups attached to an aromatic ring is 1. The van der Waals surface area contributed by atoms with E-state index in [1.54, 1.807) is 0 Å². The van der Waals surface area contributed by atoms with Gasteiger partial charge in [-0.2, -0.15) is 0 Å². The molecule has 8 heteroatoms. The van der Waals surface area contributed by atoms with Gasteiger partial charge in [-0.3, -0.25) is 4.79 Å². The molecule has 0 spiro atoms. The molecule has 0 unspecified atom stereocenters. The van der Waals surface area contributed by atoms with E-state index in [1.807, 2.05) is 31.2 Å². The van der Waals surface area contributed by atoms with Gasteiger partial charge in [-0.25, -0.2) is 4.68 Å². The number of hydrogen-bond donors (Lipinski definition) is 2. The van der Waals surface area contributed by atoms with Crippen LogP contribution in [0, 0.1) is 0 Å². The summed E-state index contributed by atoms with van der Waals surface area (Å²) in [6, 6.07) is 7.52. The molecule has 0 aliphatic heterocycles. The number of hydrogen-bond acceptors (Lipinski definition) is 6. The Balaban J connectivity index is 1.48. The van der Waals surface area contributed by atoms with E-state index >= 15 is 0 Å². The summed E-state index contributed by atoms with van der Waals surface area (Å²) in [5.41, 5.74) is 2.30. The van der Waals surface area contributed by atoms with Crippen LogP contribution in [0.5, 0.6) is 5.75 Å². The highest BCUT2D eigenvalue weighted by Crippen LogP contribution is 2.24. The monoisotopic (exact) mass is 401 g/mol. The molecule has 150 valence electrons. The maximum Gasteiger partial charge on any atom is 0.230 e. The second-order valence-electron chi connectivity index (χ2n) is 6.63. The maximum atomic E-state index is 12.1. The third-order valence-electron chi connectivity index (χ3n) is 4.57. The second kappa shape index (κ2) is 10.2. The lowest BCUT2D eigenvalue weighted by Gasteiger charge is -2.12. The lowest BCUT2D eigenvalue weighted by atomic mass is 9.97. The van der Waals surface area contributed by atoms with Crippen molar-refractivity contribution in [2.45, 2.75) is 44.2 Å². The summed E-state index contributed by atoms with van der Waals surface area (Å²) in [4.78, 5) is 12.1. The minimum Gasteiger partial charge on any atom is -0.494 e. The van der Waals surface area contributed by atoms with Gasteiger partial charge in [-0.1, -0.05) is 23.4 Å². The Bertz CT molecular complexity index is 817. The molecule has 0 saturated heterocycles. The zero-order valence-corrected chi connectivity index (χ0v) is 17.0. The van der Waals surface area contributed by atoms with Crippen LogP contribution in [0.15, 0.2) is 41.1 Å². The van der Waals surface area contributed by atoms with Gasteiger partial charge in [0.05, 0.1) is 12.4 Å². The summed E-state index contributed by atoms with van der Waals surface area (Å²) < 4.78 is 6.86. The number of aromatic nitrogens is 3. The Morgan fingerprint density at radius 1 is 1.29 bits per heavy atom. The van der Waals surface area contributed by atoms with E-state index in [2.05, 4.69) is 21.6 Å². The van der Waals surface area contributed by atoms with Crippen LogP contribution in [0.25, 0.3) is 11.4 Å². The molecule has 1 amide bonds. The Morgan fingerprint density at radius 2 is 2.11 bits per heavy atom. The largest absolute Gasteiger partial charge is 0.494 e. The van der Waals surface area contributed by atoms with E-state index in [4.69, 9.17) is 10.6 Å². The summed E-state index contributed by atoms with van der Waals surface area (Å²) in [5.74, 6) is 7.70. The Labute approximate surface area is 169 Å². The number of rotatable bonds is 9. The molecule has 3 rings (SSSR count). The second-order valence-corrected chi connectivity index (χ2v) is 7.57. The molecule has 1 heterocycles. The lowest BCUT2D eigenvalue weighted by Crippen LogP contribution is -2.26. The number of carbonyl (C=O) groups is 1. The van der Waals surface area contributed by atoms with Crippen LogP contribution in [0.3, 0.4) is 0 Å². The Morgan fingerprint density at radius 3 is 2.82 bits per heavy atom. The van der Waals surface area contributed by atoms with Crippen molar-refractivity contribution in [1.82, 2.24) is 20.2 Å². The molecule has 0 saturated carbocycles. The normalized spacial score (nSPS) is 13.8. The van der Waals surface area contributed by atoms with E-state index in [0.29, 0.717) is 24.1 Å². The summed E-state index contributed by atoms with van der Waals surface area (Å²) in [6.07, 6.45) is 8.12. The van der Waals surface area contributed by atoms with Crippen molar-refractivity contribution in [3.63, 3.8) is 0 Å². The van der Waals surface area contributed by atoms with Crippen molar-refractivity contribution in [3.05, 3.63) is 35.9 Å². The van der Waals surface area contributed by atoms with Crippen molar-refractivity contribution in [3.8, 4) is 17.1 Å². The molecule has 0 bridgehead atoms. The van der Waals surface area contributed by atoms with Gasteiger partial charge in [0.25, 0.3) is 0 Å². The summed E-state index contributed by atoms with van der Waals surface area (Å²) >= 11 is 1.28. The molecule has 0 radical (unpaired) electrons. The summed E-state index contributed by atoms with van der Waals surface area (Å²) in [5, 5.41) is 11.7. The first kappa shape index (κ1) is 20.3. The first-order valence-corrected chi connectivity index (χ1v) is 10.7. The molecule has 2 aromatic rings. The highest BCUT2D eigenvalue weighted by molar-refractivity contribution is 7.99. The molecule has 7 nitrogen and oxygen atoms in total. The number of ether oxygens (including phenoxy) is 1. The molecule has 1 aromatic carbocycles. The van der Waals surface area contributed by atoms with Crippen LogP contribution in [-0.2, 0) is 4.79 Å². The van der Waals surface area contributed by atoms with Gasteiger partial charge in [0.15, 0.2) is 5.82 Å². The molecule has 3 N–H and O–H groups in total. The summed E-state index contributed by atoms with van der Waals surface area (Å²) in [6.45, 7) is 3.24. The maximum absolute atomic E-state index is 12.1. The standard InChI is InChI=1S/C20H27N5O2S/c1-2-27-17-10-8-16(9-11-17)19-23-24-20(25(19)21)28-14-18(26)22-13-12-15-6-4-3-5-7-15/h6,8-11H,2-5,7,12-14,21H2,1H3,(H,22,26). The van der Waals surface area contributed by atoms with Crippen LogP contribution in [0.1, 0.15) is 39.0 Å². The topological polar surface area (TPSA) is 95.1 Å². The smallest absolute Gasteiger partial charge is 0.230 e. The lowest BCUT2D eigenvalue weighted by molar-refractivity contribution is -0.118. The Kier molecular flexibility index (Phi) is 7.36. The number of carbonyl (C=O) groups excluding carboxylic acids is 1. The molecule has 1 aromatic heterocycles. The molecule has 1 aliphatic rings. The van der Waals surface area contributed by atoms with Crippen molar-refractivity contribution in [2.75, 3.05) is 24.7 Å². The van der Waals surface area contributed by atoms with Crippen LogP contribution in [0.4, 0.5) is 0 Å². The zero-order valence-electron chi connectivity index (χ0n) is 16.2. The summed E-state index contributed by atoms with van der Waals surface area (Å²) in [7, 11) is 0. The van der Waals surface area contributed by atoms with Crippen molar-refractivity contribution in [1.29, 1.82) is 0 Å². The third kappa shape index (κ3) is 5.51. The van der Waals surface area contributed by atoms with Crippen molar-refractivity contribution >= 4 is 17.7 Å². The number of benzene rings is 1. The van der Waals surface area contributed by atoms with E-state index in [-0.39, 0.29) is 11.7 Å². The quantitative estimate of drug-likeness (QED) is 0.381. The number of nitrogens with zero attached hydrogens (tertiary/aromatic N) is 3. The first-order valence-electron chi connectivity index (χ1n) is 9.68. The fourth-order valence-electron chi connectivity index (χ4n) is 3.11. The molecular weight excluding hydrogens is 374 g/mol. The average Bonchev–Trinajstić information content (AvgIpc) is 3.08.